The molecule has 3 aromatic carbocycles. The lowest BCUT2D eigenvalue weighted by atomic mass is 10.00. The van der Waals surface area contributed by atoms with Gasteiger partial charge in [-0.1, -0.05) is 92.9 Å². The van der Waals surface area contributed by atoms with Gasteiger partial charge in [0, 0.05) is 29.2 Å². The van der Waals surface area contributed by atoms with E-state index in [-0.39, 0.29) is 19.0 Å². The van der Waals surface area contributed by atoms with Crippen LogP contribution in [0.25, 0.3) is 0 Å². The maximum absolute atomic E-state index is 12.4. The van der Waals surface area contributed by atoms with Crippen molar-refractivity contribution in [2.75, 3.05) is 6.54 Å². The highest BCUT2D eigenvalue weighted by atomic mass is 35.5. The minimum atomic E-state index is -1.47. The first-order valence-corrected chi connectivity index (χ1v) is 13.2. The average molecular weight is 516 g/mol. The number of hydrogen-bond donors (Lipinski definition) is 1. The second-order valence-corrected chi connectivity index (χ2v) is 9.84. The summed E-state index contributed by atoms with van der Waals surface area (Å²) >= 11 is 6.10. The highest BCUT2D eigenvalue weighted by Crippen LogP contribution is 2.21. The van der Waals surface area contributed by atoms with Gasteiger partial charge in [0.05, 0.1) is 0 Å². The molecule has 0 saturated heterocycles. The van der Waals surface area contributed by atoms with Gasteiger partial charge in [-0.2, -0.15) is 0 Å². The van der Waals surface area contributed by atoms with Crippen LogP contribution in [0.5, 0.6) is 0 Å². The molecular weight excluding hydrogens is 482 g/mol. The van der Waals surface area contributed by atoms with Crippen LogP contribution < -0.4 is 0 Å². The molecule has 3 rings (SSSR count). The molecule has 0 heterocycles. The van der Waals surface area contributed by atoms with Gasteiger partial charge < -0.3 is 10.0 Å². The minimum absolute atomic E-state index is 0.0742. The number of benzene rings is 3. The zero-order valence-corrected chi connectivity index (χ0v) is 22.3. The summed E-state index contributed by atoms with van der Waals surface area (Å²) in [5.74, 6) is 3.92. The van der Waals surface area contributed by atoms with E-state index >= 15 is 0 Å². The average Bonchev–Trinajstić information content (AvgIpc) is 2.90. The zero-order valence-electron chi connectivity index (χ0n) is 21.5. The Morgan fingerprint density at radius 3 is 2.08 bits per heavy atom. The summed E-state index contributed by atoms with van der Waals surface area (Å²) in [5, 5.41) is 9.94. The van der Waals surface area contributed by atoms with Crippen molar-refractivity contribution in [3.63, 3.8) is 0 Å². The first kappa shape index (κ1) is 28.0. The van der Waals surface area contributed by atoms with Crippen LogP contribution in [-0.2, 0) is 22.6 Å². The van der Waals surface area contributed by atoms with Gasteiger partial charge >= 0.3 is 11.9 Å². The van der Waals surface area contributed by atoms with Crippen molar-refractivity contribution in [3.8, 4) is 11.8 Å². The van der Waals surface area contributed by atoms with Crippen molar-refractivity contribution in [3.05, 3.63) is 106 Å². The molecule has 37 heavy (non-hydrogen) atoms. The number of carboxylic acid groups (broad SMARTS) is 1. The Morgan fingerprint density at radius 2 is 1.51 bits per heavy atom. The molecule has 0 fully saturated rings. The molecule has 1 atom stereocenters. The summed E-state index contributed by atoms with van der Waals surface area (Å²) in [7, 11) is 0. The summed E-state index contributed by atoms with van der Waals surface area (Å²) in [4.78, 5) is 25.2. The number of aliphatic carboxylic acids is 1. The molecule has 5 heteroatoms. The van der Waals surface area contributed by atoms with Gasteiger partial charge in [-0.25, -0.2) is 4.79 Å². The molecule has 0 aromatic heterocycles. The van der Waals surface area contributed by atoms with Crippen molar-refractivity contribution >= 4 is 23.5 Å². The van der Waals surface area contributed by atoms with Crippen molar-refractivity contribution in [1.82, 2.24) is 4.90 Å². The van der Waals surface area contributed by atoms with E-state index in [1.807, 2.05) is 49.4 Å². The highest BCUT2D eigenvalue weighted by molar-refractivity contribution is 6.31. The number of halogens is 1. The number of nitrogens with zero attached hydrogens (tertiary/aromatic N) is 1. The topological polar surface area (TPSA) is 57.6 Å². The molecule has 1 unspecified atom stereocenters. The Balaban J connectivity index is 1.63. The van der Waals surface area contributed by atoms with E-state index in [0.29, 0.717) is 5.02 Å². The van der Waals surface area contributed by atoms with Gasteiger partial charge in [-0.15, -0.1) is 0 Å². The lowest BCUT2D eigenvalue weighted by Gasteiger charge is -2.25. The standard InChI is InChI=1S/C32H34ClNO3/c1-3-4-5-6-8-25-11-13-26(14-12-25)15-16-27-17-19-28(20-18-27)23-34(31(35)32(36)37)22-24(2)29-9-7-10-30(33)21-29/h7,9-14,17-21,24H,3-6,8,22-23H2,1-2H3,(H,36,37). The fourth-order valence-electron chi connectivity index (χ4n) is 4.17. The molecule has 0 aliphatic carbocycles. The van der Waals surface area contributed by atoms with E-state index in [1.165, 1.54) is 36.1 Å². The molecule has 4 nitrogen and oxygen atoms in total. The molecule has 0 spiro atoms. The van der Waals surface area contributed by atoms with Crippen LogP contribution in [-0.4, -0.2) is 28.4 Å². The van der Waals surface area contributed by atoms with E-state index in [4.69, 9.17) is 11.6 Å². The smallest absolute Gasteiger partial charge is 0.394 e. The quantitative estimate of drug-likeness (QED) is 0.178. The third-order valence-electron chi connectivity index (χ3n) is 6.33. The Morgan fingerprint density at radius 1 is 0.892 bits per heavy atom. The second-order valence-electron chi connectivity index (χ2n) is 9.40. The van der Waals surface area contributed by atoms with E-state index in [2.05, 4.69) is 43.0 Å². The van der Waals surface area contributed by atoms with Gasteiger partial charge in [0.25, 0.3) is 0 Å². The van der Waals surface area contributed by atoms with Gasteiger partial charge in [-0.05, 0) is 71.8 Å². The Bertz CT molecular complexity index is 1240. The first-order valence-electron chi connectivity index (χ1n) is 12.8. The lowest BCUT2D eigenvalue weighted by molar-refractivity contribution is -0.156. The molecule has 0 bridgehead atoms. The van der Waals surface area contributed by atoms with Gasteiger partial charge in [0.1, 0.15) is 0 Å². The van der Waals surface area contributed by atoms with Gasteiger partial charge in [-0.3, -0.25) is 4.79 Å². The SMILES string of the molecule is CCCCCCc1ccc(C#Cc2ccc(CN(CC(C)c3cccc(Cl)c3)C(=O)C(=O)O)cc2)cc1. The van der Waals surface area contributed by atoms with E-state index in [0.717, 1.165) is 28.7 Å². The zero-order chi connectivity index (χ0) is 26.6. The van der Waals surface area contributed by atoms with Crippen molar-refractivity contribution in [2.45, 2.75) is 58.4 Å². The molecule has 192 valence electrons. The van der Waals surface area contributed by atoms with Crippen LogP contribution >= 0.6 is 11.6 Å². The molecule has 0 radical (unpaired) electrons. The van der Waals surface area contributed by atoms with Crippen LogP contribution in [0, 0.1) is 11.8 Å². The lowest BCUT2D eigenvalue weighted by Crippen LogP contribution is -2.38. The number of rotatable bonds is 10. The number of hydrogen-bond acceptors (Lipinski definition) is 2. The van der Waals surface area contributed by atoms with Crippen LogP contribution in [0.3, 0.4) is 0 Å². The van der Waals surface area contributed by atoms with Crippen LogP contribution in [0.2, 0.25) is 5.02 Å². The van der Waals surface area contributed by atoms with Crippen molar-refractivity contribution in [1.29, 1.82) is 0 Å². The van der Waals surface area contributed by atoms with E-state index in [9.17, 15) is 14.7 Å². The molecule has 1 N–H and O–H groups in total. The second kappa shape index (κ2) is 14.3. The van der Waals surface area contributed by atoms with Crippen LogP contribution in [0.4, 0.5) is 0 Å². The molecule has 0 aliphatic rings. The number of carbonyl (C=O) groups is 2. The predicted octanol–water partition coefficient (Wildman–Crippen LogP) is 7.08. The molecule has 0 aliphatic heterocycles. The summed E-state index contributed by atoms with van der Waals surface area (Å²) in [5.41, 5.74) is 4.96. The number of amides is 1. The number of carbonyl (C=O) groups excluding carboxylic acids is 1. The summed E-state index contributed by atoms with van der Waals surface area (Å²) < 4.78 is 0. The highest BCUT2D eigenvalue weighted by Gasteiger charge is 2.23. The van der Waals surface area contributed by atoms with Crippen molar-refractivity contribution < 1.29 is 14.7 Å². The fourth-order valence-corrected chi connectivity index (χ4v) is 4.37. The largest absolute Gasteiger partial charge is 0.474 e. The maximum Gasteiger partial charge on any atom is 0.394 e. The summed E-state index contributed by atoms with van der Waals surface area (Å²) in [6.45, 7) is 4.64. The summed E-state index contributed by atoms with van der Waals surface area (Å²) in [6.07, 6.45) is 6.14. The molecule has 3 aromatic rings. The molecule has 1 amide bonds. The Kier molecular flexibility index (Phi) is 10.8. The number of unbranched alkanes of at least 4 members (excludes halogenated alkanes) is 3. The number of aryl methyl sites for hydroxylation is 1. The first-order chi connectivity index (χ1) is 17.9. The van der Waals surface area contributed by atoms with Crippen molar-refractivity contribution in [2.24, 2.45) is 0 Å². The minimum Gasteiger partial charge on any atom is -0.474 e. The predicted molar refractivity (Wildman–Crippen MR) is 150 cm³/mol. The number of carboxylic acids is 1. The normalized spacial score (nSPS) is 11.3. The molecular formula is C32H34ClNO3. The van der Waals surface area contributed by atoms with E-state index < -0.39 is 11.9 Å². The Labute approximate surface area is 225 Å². The van der Waals surface area contributed by atoms with E-state index in [1.54, 1.807) is 6.07 Å². The fraction of sp³-hybridized carbons (Fsp3) is 0.312. The maximum atomic E-state index is 12.4. The van der Waals surface area contributed by atoms with Crippen LogP contribution in [0.15, 0.2) is 72.8 Å². The summed E-state index contributed by atoms with van der Waals surface area (Å²) in [6, 6.07) is 23.4. The molecule has 0 saturated carbocycles. The van der Waals surface area contributed by atoms with Gasteiger partial charge in [0.2, 0.25) is 0 Å². The monoisotopic (exact) mass is 515 g/mol. The third-order valence-corrected chi connectivity index (χ3v) is 6.57. The Hall–Kier alpha value is -3.55. The third kappa shape index (κ3) is 9.12. The van der Waals surface area contributed by atoms with Gasteiger partial charge in [0.15, 0.2) is 0 Å². The van der Waals surface area contributed by atoms with Crippen LogP contribution in [0.1, 0.15) is 73.3 Å².